The molecular weight excluding hydrogens is 434 g/mol. The number of carbonyl (C=O) groups is 4. The number of oxime groups is 1. The third kappa shape index (κ3) is 3.93. The standard InChI is InChI=1S/C17H17N5O6S2/c1-3-8-5-29-15-11(14(25)22(15)12(8)16(26)27)20-13(24)10(21-28-4-2)9-6-30-17(19-9)18-7-23/h3,6-7,11,15H,1,4-5H2,2H3,(H,20,24)(H,26,27)(H,18,19,23)/b21-10+/t11?,15-/m1/s1. The van der Waals surface area contributed by atoms with Gasteiger partial charge in [-0.3, -0.25) is 19.3 Å². The van der Waals surface area contributed by atoms with Crippen LogP contribution in [0.1, 0.15) is 12.6 Å². The van der Waals surface area contributed by atoms with Crippen LogP contribution in [0.4, 0.5) is 5.13 Å². The fourth-order valence-electron chi connectivity index (χ4n) is 2.84. The monoisotopic (exact) mass is 451 g/mol. The van der Waals surface area contributed by atoms with Crippen LogP contribution in [0, 0.1) is 0 Å². The number of allylic oxidation sites excluding steroid dienone is 1. The Kier molecular flexibility index (Phi) is 6.52. The van der Waals surface area contributed by atoms with E-state index in [-0.39, 0.29) is 28.8 Å². The molecule has 3 N–H and O–H groups in total. The molecule has 13 heteroatoms. The van der Waals surface area contributed by atoms with Crippen LogP contribution in [-0.2, 0) is 24.0 Å². The lowest BCUT2D eigenvalue weighted by Crippen LogP contribution is -2.71. The molecule has 1 aromatic rings. The van der Waals surface area contributed by atoms with Crippen LogP contribution in [0.3, 0.4) is 0 Å². The minimum atomic E-state index is -1.23. The molecule has 11 nitrogen and oxygen atoms in total. The summed E-state index contributed by atoms with van der Waals surface area (Å²) in [4.78, 5) is 57.8. The molecule has 2 atom stereocenters. The average Bonchev–Trinajstić information content (AvgIpc) is 3.19. The molecule has 1 unspecified atom stereocenters. The zero-order chi connectivity index (χ0) is 21.8. The van der Waals surface area contributed by atoms with Crippen molar-refractivity contribution in [3.8, 4) is 0 Å². The van der Waals surface area contributed by atoms with Gasteiger partial charge in [0, 0.05) is 11.1 Å². The number of fused-ring (bicyclic) bond motifs is 1. The van der Waals surface area contributed by atoms with Crippen molar-refractivity contribution in [1.82, 2.24) is 15.2 Å². The molecule has 0 spiro atoms. The summed E-state index contributed by atoms with van der Waals surface area (Å²) in [6.07, 6.45) is 1.86. The van der Waals surface area contributed by atoms with Crippen LogP contribution in [0.5, 0.6) is 0 Å². The Bertz CT molecular complexity index is 972. The van der Waals surface area contributed by atoms with Gasteiger partial charge in [0.15, 0.2) is 10.8 Å². The molecule has 3 amide bonds. The highest BCUT2D eigenvalue weighted by molar-refractivity contribution is 8.00. The number of anilines is 1. The third-order valence-corrected chi connectivity index (χ3v) is 6.24. The van der Waals surface area contributed by atoms with E-state index in [9.17, 15) is 24.3 Å². The van der Waals surface area contributed by atoms with Gasteiger partial charge < -0.3 is 20.6 Å². The number of rotatable bonds is 9. The molecular formula is C17H17N5O6S2. The summed E-state index contributed by atoms with van der Waals surface area (Å²) >= 11 is 2.41. The second-order valence-corrected chi connectivity index (χ2v) is 7.86. The lowest BCUT2D eigenvalue weighted by atomic mass is 10.0. The summed E-state index contributed by atoms with van der Waals surface area (Å²) in [7, 11) is 0. The minimum absolute atomic E-state index is 0.128. The molecule has 0 aromatic carbocycles. The van der Waals surface area contributed by atoms with Crippen LogP contribution < -0.4 is 10.6 Å². The molecule has 2 aliphatic heterocycles. The largest absolute Gasteiger partial charge is 0.477 e. The first-order valence-corrected chi connectivity index (χ1v) is 10.6. The van der Waals surface area contributed by atoms with Crippen molar-refractivity contribution < 1.29 is 29.1 Å². The van der Waals surface area contributed by atoms with Gasteiger partial charge in [-0.25, -0.2) is 9.78 Å². The van der Waals surface area contributed by atoms with Gasteiger partial charge in [-0.05, 0) is 12.5 Å². The molecule has 2 aliphatic rings. The van der Waals surface area contributed by atoms with E-state index in [4.69, 9.17) is 4.84 Å². The van der Waals surface area contributed by atoms with Crippen molar-refractivity contribution >= 4 is 58.1 Å². The maximum absolute atomic E-state index is 12.8. The molecule has 3 rings (SSSR count). The summed E-state index contributed by atoms with van der Waals surface area (Å²) in [6.45, 7) is 5.47. The summed E-state index contributed by atoms with van der Waals surface area (Å²) < 4.78 is 0. The van der Waals surface area contributed by atoms with E-state index >= 15 is 0 Å². The van der Waals surface area contributed by atoms with E-state index < -0.39 is 29.2 Å². The molecule has 158 valence electrons. The van der Waals surface area contributed by atoms with Crippen LogP contribution in [0.2, 0.25) is 0 Å². The van der Waals surface area contributed by atoms with Gasteiger partial charge in [0.25, 0.3) is 11.8 Å². The van der Waals surface area contributed by atoms with Crippen molar-refractivity contribution in [3.05, 3.63) is 35.0 Å². The number of carboxylic acid groups (broad SMARTS) is 1. The Morgan fingerprint density at radius 2 is 2.30 bits per heavy atom. The maximum Gasteiger partial charge on any atom is 0.352 e. The Balaban J connectivity index is 1.79. The number of carboxylic acids is 1. The second-order valence-electron chi connectivity index (χ2n) is 5.90. The number of amides is 3. The van der Waals surface area contributed by atoms with Crippen molar-refractivity contribution in [2.75, 3.05) is 17.7 Å². The number of carbonyl (C=O) groups excluding carboxylic acids is 3. The number of nitrogens with one attached hydrogen (secondary N) is 2. The summed E-state index contributed by atoms with van der Waals surface area (Å²) in [5, 5.41) is 19.4. The van der Waals surface area contributed by atoms with E-state index in [2.05, 4.69) is 27.4 Å². The fourth-order valence-corrected chi connectivity index (χ4v) is 4.84. The number of nitrogens with zero attached hydrogens (tertiary/aromatic N) is 3. The summed E-state index contributed by atoms with van der Waals surface area (Å²) in [5.74, 6) is -2.14. The van der Waals surface area contributed by atoms with E-state index in [1.807, 2.05) is 0 Å². The number of hydrogen-bond acceptors (Lipinski definition) is 9. The predicted octanol–water partition coefficient (Wildman–Crippen LogP) is 0.377. The van der Waals surface area contributed by atoms with Crippen molar-refractivity contribution in [2.45, 2.75) is 18.3 Å². The number of hydrogen-bond donors (Lipinski definition) is 3. The SMILES string of the molecule is C=CC1=C(C(=O)O)N2C(=O)C(NC(=O)/C(=N/OCC)c3csc(NC=O)n3)[C@H]2SC1. The number of thioether (sulfide) groups is 1. The van der Waals surface area contributed by atoms with Gasteiger partial charge in [0.05, 0.1) is 0 Å². The highest BCUT2D eigenvalue weighted by Gasteiger charge is 2.54. The first kappa shape index (κ1) is 21.5. The van der Waals surface area contributed by atoms with Crippen LogP contribution in [0.25, 0.3) is 0 Å². The third-order valence-electron chi connectivity index (χ3n) is 4.16. The molecule has 1 saturated heterocycles. The second kappa shape index (κ2) is 9.09. The first-order chi connectivity index (χ1) is 14.4. The molecule has 0 aliphatic carbocycles. The fraction of sp³-hybridized carbons (Fsp3) is 0.294. The van der Waals surface area contributed by atoms with Gasteiger partial charge in [-0.15, -0.1) is 23.1 Å². The van der Waals surface area contributed by atoms with E-state index in [1.165, 1.54) is 23.2 Å². The zero-order valence-corrected chi connectivity index (χ0v) is 17.3. The molecule has 0 bridgehead atoms. The molecule has 0 radical (unpaired) electrons. The maximum atomic E-state index is 12.8. The molecule has 1 fully saturated rings. The van der Waals surface area contributed by atoms with Gasteiger partial charge in [-0.1, -0.05) is 17.8 Å². The summed E-state index contributed by atoms with van der Waals surface area (Å²) in [5.41, 5.74) is 0.310. The van der Waals surface area contributed by atoms with E-state index in [0.717, 1.165) is 16.2 Å². The van der Waals surface area contributed by atoms with Crippen LogP contribution in [-0.4, -0.2) is 68.7 Å². The average molecular weight is 451 g/mol. The van der Waals surface area contributed by atoms with Crippen molar-refractivity contribution in [2.24, 2.45) is 5.16 Å². The van der Waals surface area contributed by atoms with Gasteiger partial charge in [0.1, 0.15) is 29.4 Å². The van der Waals surface area contributed by atoms with Crippen molar-refractivity contribution in [3.63, 3.8) is 0 Å². The number of aromatic nitrogens is 1. The van der Waals surface area contributed by atoms with Gasteiger partial charge in [0.2, 0.25) is 6.41 Å². The quantitative estimate of drug-likeness (QED) is 0.211. The lowest BCUT2D eigenvalue weighted by molar-refractivity contribution is -0.150. The Hall–Kier alpha value is -3.19. The van der Waals surface area contributed by atoms with Crippen LogP contribution in [0.15, 0.2) is 34.5 Å². The zero-order valence-electron chi connectivity index (χ0n) is 15.7. The first-order valence-electron chi connectivity index (χ1n) is 8.63. The lowest BCUT2D eigenvalue weighted by Gasteiger charge is -2.49. The van der Waals surface area contributed by atoms with E-state index in [1.54, 1.807) is 6.92 Å². The Morgan fingerprint density at radius 1 is 1.53 bits per heavy atom. The predicted molar refractivity (Wildman–Crippen MR) is 110 cm³/mol. The highest BCUT2D eigenvalue weighted by Crippen LogP contribution is 2.40. The number of aliphatic carboxylic acids is 1. The molecule has 0 saturated carbocycles. The van der Waals surface area contributed by atoms with Crippen molar-refractivity contribution in [1.29, 1.82) is 0 Å². The number of thiazole rings is 1. The minimum Gasteiger partial charge on any atom is -0.477 e. The molecule has 3 heterocycles. The van der Waals surface area contributed by atoms with Gasteiger partial charge >= 0.3 is 5.97 Å². The normalized spacial score (nSPS) is 20.8. The molecule has 30 heavy (non-hydrogen) atoms. The van der Waals surface area contributed by atoms with Crippen LogP contribution >= 0.6 is 23.1 Å². The molecule has 1 aromatic heterocycles. The highest BCUT2D eigenvalue weighted by atomic mass is 32.2. The summed E-state index contributed by atoms with van der Waals surface area (Å²) in [6, 6.07) is -0.929. The van der Waals surface area contributed by atoms with E-state index in [0.29, 0.717) is 17.7 Å². The Labute approximate surface area is 178 Å². The smallest absolute Gasteiger partial charge is 0.352 e. The van der Waals surface area contributed by atoms with Gasteiger partial charge in [-0.2, -0.15) is 0 Å². The number of β-lactam (4-membered cyclic amide) rings is 1. The Morgan fingerprint density at radius 3 is 2.93 bits per heavy atom. The topological polar surface area (TPSA) is 150 Å².